The van der Waals surface area contributed by atoms with E-state index in [2.05, 4.69) is 48.0 Å². The zero-order valence-corrected chi connectivity index (χ0v) is 17.0. The highest BCUT2D eigenvalue weighted by molar-refractivity contribution is 5.55. The Labute approximate surface area is 163 Å². The van der Waals surface area contributed by atoms with Crippen molar-refractivity contribution in [3.8, 4) is 0 Å². The summed E-state index contributed by atoms with van der Waals surface area (Å²) in [4.78, 5) is 10.2. The molecule has 4 aliphatic rings. The molecule has 0 amide bonds. The lowest BCUT2D eigenvalue weighted by molar-refractivity contribution is -0.0287. The minimum absolute atomic E-state index is 0.321. The van der Waals surface area contributed by atoms with E-state index in [4.69, 9.17) is 9.72 Å². The van der Waals surface area contributed by atoms with E-state index in [-0.39, 0.29) is 0 Å². The third-order valence-corrected chi connectivity index (χ3v) is 7.44. The minimum atomic E-state index is 0.321. The first-order valence-corrected chi connectivity index (χ1v) is 11.1. The van der Waals surface area contributed by atoms with E-state index < -0.39 is 0 Å². The molecule has 0 aromatic carbocycles. The number of hydrogen-bond acceptors (Lipinski definition) is 5. The maximum absolute atomic E-state index is 6.15. The molecule has 0 saturated carbocycles. The van der Waals surface area contributed by atoms with Gasteiger partial charge in [0.25, 0.3) is 0 Å². The summed E-state index contributed by atoms with van der Waals surface area (Å²) >= 11 is 0. The second-order valence-electron chi connectivity index (χ2n) is 9.03. The van der Waals surface area contributed by atoms with E-state index in [9.17, 15) is 0 Å². The molecule has 5 nitrogen and oxygen atoms in total. The highest BCUT2D eigenvalue weighted by Crippen LogP contribution is 2.48. The van der Waals surface area contributed by atoms with Gasteiger partial charge in [-0.2, -0.15) is 0 Å². The second-order valence-corrected chi connectivity index (χ2v) is 9.03. The lowest BCUT2D eigenvalue weighted by Gasteiger charge is -2.44. The van der Waals surface area contributed by atoms with Crippen LogP contribution >= 0.6 is 0 Å². The van der Waals surface area contributed by atoms with Crippen molar-refractivity contribution < 1.29 is 4.74 Å². The van der Waals surface area contributed by atoms with Crippen LogP contribution in [0.1, 0.15) is 58.1 Å². The second kappa shape index (κ2) is 6.93. The zero-order chi connectivity index (χ0) is 18.5. The van der Waals surface area contributed by atoms with E-state index in [1.165, 1.54) is 31.4 Å². The fourth-order valence-corrected chi connectivity index (χ4v) is 5.88. The van der Waals surface area contributed by atoms with Gasteiger partial charge in [0.15, 0.2) is 0 Å². The van der Waals surface area contributed by atoms with Crippen LogP contribution in [0, 0.1) is 6.92 Å². The first-order chi connectivity index (χ1) is 13.2. The average molecular weight is 371 g/mol. The van der Waals surface area contributed by atoms with Crippen molar-refractivity contribution in [3.63, 3.8) is 0 Å². The summed E-state index contributed by atoms with van der Waals surface area (Å²) in [6.45, 7) is 8.49. The van der Waals surface area contributed by atoms with Crippen molar-refractivity contribution in [2.75, 3.05) is 23.3 Å². The monoisotopic (exact) mass is 370 g/mol. The predicted octanol–water partition coefficient (Wildman–Crippen LogP) is 3.57. The average Bonchev–Trinajstić information content (AvgIpc) is 3.10. The van der Waals surface area contributed by atoms with Crippen LogP contribution in [0.25, 0.3) is 0 Å². The van der Waals surface area contributed by atoms with Crippen LogP contribution in [0.3, 0.4) is 0 Å². The summed E-state index contributed by atoms with van der Waals surface area (Å²) < 4.78 is 6.15. The van der Waals surface area contributed by atoms with E-state index >= 15 is 0 Å². The van der Waals surface area contributed by atoms with Gasteiger partial charge in [-0.1, -0.05) is 13.8 Å². The first kappa shape index (κ1) is 17.7. The smallest absolute Gasteiger partial charge is 0.129 e. The molecular formula is C22H34N4O. The van der Waals surface area contributed by atoms with Crippen LogP contribution in [0.4, 0.5) is 11.5 Å². The molecule has 4 fully saturated rings. The van der Waals surface area contributed by atoms with Crippen molar-refractivity contribution in [3.05, 3.63) is 17.8 Å². The summed E-state index contributed by atoms with van der Waals surface area (Å²) in [5, 5.41) is 3.85. The van der Waals surface area contributed by atoms with Gasteiger partial charge < -0.3 is 15.0 Å². The molecule has 1 N–H and O–H groups in total. The fourth-order valence-electron chi connectivity index (χ4n) is 5.88. The van der Waals surface area contributed by atoms with Gasteiger partial charge in [0, 0.05) is 37.3 Å². The number of aromatic nitrogens is 1. The topological polar surface area (TPSA) is 40.6 Å². The molecule has 27 heavy (non-hydrogen) atoms. The Balaban J connectivity index is 1.28. The van der Waals surface area contributed by atoms with E-state index in [0.29, 0.717) is 18.2 Å². The molecular weight excluding hydrogens is 336 g/mol. The molecule has 0 radical (unpaired) electrons. The number of anilines is 2. The number of ether oxygens (including phenoxy) is 1. The Morgan fingerprint density at radius 3 is 2.41 bits per heavy atom. The lowest BCUT2D eigenvalue weighted by atomic mass is 9.89. The fraction of sp³-hybridized carbons (Fsp3) is 0.773. The van der Waals surface area contributed by atoms with Gasteiger partial charge in [-0.15, -0.1) is 0 Å². The quantitative estimate of drug-likeness (QED) is 0.858. The van der Waals surface area contributed by atoms with Crippen LogP contribution in [0.15, 0.2) is 12.1 Å². The maximum Gasteiger partial charge on any atom is 0.129 e. The van der Waals surface area contributed by atoms with Gasteiger partial charge in [-0.3, -0.25) is 4.90 Å². The molecule has 4 saturated heterocycles. The molecule has 1 aromatic heterocycles. The molecule has 0 spiro atoms. The van der Waals surface area contributed by atoms with Gasteiger partial charge in [-0.25, -0.2) is 4.98 Å². The van der Waals surface area contributed by atoms with Gasteiger partial charge in [0.1, 0.15) is 5.82 Å². The molecule has 4 unspecified atom stereocenters. The molecule has 1 aromatic rings. The van der Waals surface area contributed by atoms with Crippen LogP contribution in [0.2, 0.25) is 0 Å². The minimum Gasteiger partial charge on any atom is -0.379 e. The number of aryl methyl sites for hydroxylation is 1. The van der Waals surface area contributed by atoms with Gasteiger partial charge in [0.2, 0.25) is 0 Å². The summed E-state index contributed by atoms with van der Waals surface area (Å²) in [5.41, 5.74) is 2.35. The first-order valence-electron chi connectivity index (χ1n) is 11.1. The molecule has 148 valence electrons. The van der Waals surface area contributed by atoms with Gasteiger partial charge >= 0.3 is 0 Å². The zero-order valence-electron chi connectivity index (χ0n) is 17.0. The molecule has 0 aliphatic carbocycles. The molecule has 0 bridgehead atoms. The largest absolute Gasteiger partial charge is 0.379 e. The Hall–Kier alpha value is -1.33. The summed E-state index contributed by atoms with van der Waals surface area (Å²) in [6, 6.07) is 7.57. The Morgan fingerprint density at radius 1 is 1.07 bits per heavy atom. The SMILES string of the molecule is CC[C@@H]1CN(c2ccc(NC3CC4CCC5CC3N45)c(C)n2)C[C@H](CC)O1. The Morgan fingerprint density at radius 2 is 1.78 bits per heavy atom. The summed E-state index contributed by atoms with van der Waals surface area (Å²) in [6.07, 6.45) is 8.31. The van der Waals surface area contributed by atoms with Crippen LogP contribution < -0.4 is 10.2 Å². The lowest BCUT2D eigenvalue weighted by Crippen LogP contribution is -2.55. The van der Waals surface area contributed by atoms with Crippen molar-refractivity contribution >= 4 is 11.5 Å². The molecule has 5 rings (SSSR count). The standard InChI is InChI=1S/C22H34N4O/c1-4-17-12-25(13-18(5-2)27-17)22-9-8-19(14(3)23-22)24-20-10-15-6-7-16-11-21(20)26(15)16/h8-9,15-18,20-21,24H,4-7,10-13H2,1-3H3/t15?,16?,17-,18+,20?,21?. The summed E-state index contributed by atoms with van der Waals surface area (Å²) in [7, 11) is 0. The number of morpholine rings is 1. The Kier molecular flexibility index (Phi) is 4.55. The molecule has 5 heteroatoms. The van der Waals surface area contributed by atoms with Crippen molar-refractivity contribution in [1.82, 2.24) is 9.88 Å². The van der Waals surface area contributed by atoms with Crippen LogP contribution in [-0.4, -0.2) is 59.3 Å². The highest BCUT2D eigenvalue weighted by Gasteiger charge is 2.55. The van der Waals surface area contributed by atoms with Crippen molar-refractivity contribution in [1.29, 1.82) is 0 Å². The van der Waals surface area contributed by atoms with Gasteiger partial charge in [-0.05, 0) is 57.6 Å². The number of nitrogens with one attached hydrogen (secondary N) is 1. The van der Waals surface area contributed by atoms with Crippen LogP contribution in [-0.2, 0) is 4.74 Å². The van der Waals surface area contributed by atoms with Crippen LogP contribution in [0.5, 0.6) is 0 Å². The van der Waals surface area contributed by atoms with E-state index in [0.717, 1.165) is 55.6 Å². The highest BCUT2D eigenvalue weighted by atomic mass is 16.5. The van der Waals surface area contributed by atoms with E-state index in [1.807, 2.05) is 0 Å². The number of nitrogens with zero attached hydrogens (tertiary/aromatic N) is 3. The third-order valence-electron chi connectivity index (χ3n) is 7.44. The molecule has 4 aliphatic heterocycles. The predicted molar refractivity (Wildman–Crippen MR) is 110 cm³/mol. The third kappa shape index (κ3) is 3.03. The molecule has 5 heterocycles. The molecule has 6 atom stereocenters. The maximum atomic E-state index is 6.15. The number of hydrogen-bond donors (Lipinski definition) is 1. The Bertz CT molecular complexity index is 683. The normalized spacial score (nSPS) is 38.0. The van der Waals surface area contributed by atoms with E-state index in [1.54, 1.807) is 0 Å². The van der Waals surface area contributed by atoms with Gasteiger partial charge in [0.05, 0.1) is 23.6 Å². The number of pyridine rings is 1. The number of rotatable bonds is 5. The summed E-state index contributed by atoms with van der Waals surface area (Å²) in [5.74, 6) is 1.11. The van der Waals surface area contributed by atoms with Crippen molar-refractivity contribution in [2.45, 2.75) is 95.7 Å². The van der Waals surface area contributed by atoms with Crippen molar-refractivity contribution in [2.24, 2.45) is 0 Å².